The second-order valence-electron chi connectivity index (χ2n) is 10.9. The van der Waals surface area contributed by atoms with Crippen LogP contribution in [0.25, 0.3) is 0 Å². The van der Waals surface area contributed by atoms with E-state index < -0.39 is 12.2 Å². The van der Waals surface area contributed by atoms with Gasteiger partial charge in [0.15, 0.2) is 0 Å². The van der Waals surface area contributed by atoms with Gasteiger partial charge in [0.05, 0.1) is 12.2 Å². The SMILES string of the molecule is C=C1C(=CC=C2CCC[C@]3(C)C([C@H](C)CCSC(C)(C)C)=CC[C@@H]23)C[C@@H](O)C[C@@H]1O. The topological polar surface area (TPSA) is 40.5 Å². The zero-order valence-electron chi connectivity index (χ0n) is 19.7. The van der Waals surface area contributed by atoms with E-state index in [2.05, 4.69) is 71.2 Å². The molecule has 0 aromatic rings. The third-order valence-corrected chi connectivity index (χ3v) is 8.80. The monoisotopic (exact) mass is 430 g/mol. The van der Waals surface area contributed by atoms with Gasteiger partial charge in [0, 0.05) is 11.2 Å². The first-order valence-electron chi connectivity index (χ1n) is 11.8. The Kier molecular flexibility index (Phi) is 7.47. The molecule has 2 nitrogen and oxygen atoms in total. The number of aliphatic hydroxyl groups excluding tert-OH is 2. The lowest BCUT2D eigenvalue weighted by Crippen LogP contribution is -2.32. The van der Waals surface area contributed by atoms with Crippen LogP contribution in [0.2, 0.25) is 0 Å². The highest BCUT2D eigenvalue weighted by Crippen LogP contribution is 2.57. The van der Waals surface area contributed by atoms with Gasteiger partial charge in [0.1, 0.15) is 0 Å². The highest BCUT2D eigenvalue weighted by molar-refractivity contribution is 8.00. The Hall–Kier alpha value is -0.770. The largest absolute Gasteiger partial charge is 0.393 e. The molecule has 0 aliphatic heterocycles. The van der Waals surface area contributed by atoms with Crippen LogP contribution in [0.1, 0.15) is 79.6 Å². The molecular weight excluding hydrogens is 388 g/mol. The van der Waals surface area contributed by atoms with Crippen LogP contribution in [0, 0.1) is 17.3 Å². The Labute approximate surface area is 188 Å². The van der Waals surface area contributed by atoms with Crippen LogP contribution in [-0.2, 0) is 0 Å². The maximum Gasteiger partial charge on any atom is 0.0811 e. The Balaban J connectivity index is 1.71. The molecule has 0 radical (unpaired) electrons. The average molecular weight is 431 g/mol. The molecule has 0 bridgehead atoms. The van der Waals surface area contributed by atoms with Crippen LogP contribution in [-0.4, -0.2) is 32.9 Å². The predicted octanol–water partition coefficient (Wildman–Crippen LogP) is 6.61. The highest BCUT2D eigenvalue weighted by Gasteiger charge is 2.45. The van der Waals surface area contributed by atoms with Gasteiger partial charge in [-0.2, -0.15) is 11.8 Å². The van der Waals surface area contributed by atoms with Crippen LogP contribution in [0.5, 0.6) is 0 Å². The van der Waals surface area contributed by atoms with Gasteiger partial charge in [0.2, 0.25) is 0 Å². The van der Waals surface area contributed by atoms with Gasteiger partial charge in [-0.15, -0.1) is 0 Å². The normalized spacial score (nSPS) is 36.2. The Bertz CT molecular complexity index is 738. The summed E-state index contributed by atoms with van der Waals surface area (Å²) in [5.74, 6) is 2.48. The summed E-state index contributed by atoms with van der Waals surface area (Å²) in [6.07, 6.45) is 13.0. The van der Waals surface area contributed by atoms with Crippen molar-refractivity contribution in [3.63, 3.8) is 0 Å². The van der Waals surface area contributed by atoms with E-state index in [1.165, 1.54) is 25.0 Å². The number of allylic oxidation sites excluding steroid dienone is 5. The van der Waals surface area contributed by atoms with E-state index in [4.69, 9.17) is 0 Å². The quantitative estimate of drug-likeness (QED) is 0.482. The molecule has 0 saturated heterocycles. The predicted molar refractivity (Wildman–Crippen MR) is 131 cm³/mol. The number of thioether (sulfide) groups is 1. The zero-order valence-corrected chi connectivity index (χ0v) is 20.5. The lowest BCUT2D eigenvalue weighted by Gasteiger charge is -2.42. The highest BCUT2D eigenvalue weighted by atomic mass is 32.2. The van der Waals surface area contributed by atoms with Gasteiger partial charge in [-0.05, 0) is 72.7 Å². The van der Waals surface area contributed by atoms with Crippen molar-refractivity contribution in [2.24, 2.45) is 17.3 Å². The molecule has 3 rings (SSSR count). The summed E-state index contributed by atoms with van der Waals surface area (Å²) >= 11 is 2.08. The molecule has 0 aromatic heterocycles. The maximum atomic E-state index is 10.1. The molecule has 5 atom stereocenters. The van der Waals surface area contributed by atoms with Crippen molar-refractivity contribution in [1.29, 1.82) is 0 Å². The minimum Gasteiger partial charge on any atom is -0.393 e. The molecule has 3 heteroatoms. The minimum absolute atomic E-state index is 0.289. The Morgan fingerprint density at radius 2 is 2.03 bits per heavy atom. The molecule has 2 fully saturated rings. The fraction of sp³-hybridized carbons (Fsp3) is 0.704. The van der Waals surface area contributed by atoms with Crippen LogP contribution in [0.3, 0.4) is 0 Å². The number of aliphatic hydroxyl groups is 2. The summed E-state index contributed by atoms with van der Waals surface area (Å²) in [5.41, 5.74) is 5.32. The molecule has 0 aromatic carbocycles. The molecule has 0 amide bonds. The van der Waals surface area contributed by atoms with Crippen LogP contribution in [0.15, 0.2) is 47.1 Å². The molecule has 0 heterocycles. The van der Waals surface area contributed by atoms with Crippen molar-refractivity contribution in [2.45, 2.75) is 96.5 Å². The Morgan fingerprint density at radius 3 is 2.73 bits per heavy atom. The van der Waals surface area contributed by atoms with Gasteiger partial charge in [0.25, 0.3) is 0 Å². The van der Waals surface area contributed by atoms with Crippen LogP contribution in [0.4, 0.5) is 0 Å². The molecule has 2 N–H and O–H groups in total. The summed E-state index contributed by atoms with van der Waals surface area (Å²) < 4.78 is 0.342. The number of fused-ring (bicyclic) bond motifs is 1. The summed E-state index contributed by atoms with van der Waals surface area (Å²) in [6.45, 7) is 15.9. The summed E-state index contributed by atoms with van der Waals surface area (Å²) in [4.78, 5) is 0. The van der Waals surface area contributed by atoms with Crippen molar-refractivity contribution in [1.82, 2.24) is 0 Å². The first-order chi connectivity index (χ1) is 14.0. The summed E-state index contributed by atoms with van der Waals surface area (Å²) in [5, 5.41) is 20.2. The van der Waals surface area contributed by atoms with Crippen molar-refractivity contribution >= 4 is 11.8 Å². The second-order valence-corrected chi connectivity index (χ2v) is 12.9. The number of rotatable bonds is 5. The van der Waals surface area contributed by atoms with Crippen LogP contribution < -0.4 is 0 Å². The van der Waals surface area contributed by atoms with E-state index >= 15 is 0 Å². The van der Waals surface area contributed by atoms with Crippen molar-refractivity contribution in [2.75, 3.05) is 5.75 Å². The van der Waals surface area contributed by atoms with Crippen molar-refractivity contribution in [3.8, 4) is 0 Å². The lowest BCUT2D eigenvalue weighted by atomic mass is 9.62. The van der Waals surface area contributed by atoms with E-state index in [1.54, 1.807) is 11.1 Å². The minimum atomic E-state index is -0.610. The molecule has 0 unspecified atom stereocenters. The van der Waals surface area contributed by atoms with E-state index in [0.29, 0.717) is 29.4 Å². The molecule has 3 aliphatic carbocycles. The maximum absolute atomic E-state index is 10.1. The number of hydrogen-bond donors (Lipinski definition) is 2. The lowest BCUT2D eigenvalue weighted by molar-refractivity contribution is 0.0862. The first kappa shape index (κ1) is 23.9. The van der Waals surface area contributed by atoms with E-state index in [0.717, 1.165) is 24.0 Å². The average Bonchev–Trinajstić information content (AvgIpc) is 3.00. The third kappa shape index (κ3) is 5.34. The first-order valence-corrected chi connectivity index (χ1v) is 12.8. The standard InChI is InChI=1S/C27H42O2S/c1-18(13-15-30-26(3,4)5)23-11-12-24-20(8-7-14-27(23,24)6)9-10-21-16-22(28)17-25(29)19(21)2/h9-11,18,22,24-25,28-29H,2,7-8,12-17H2,1,3-6H3/t18-,22-,24+,25+,27-/m1/s1. The molecule has 2 saturated carbocycles. The van der Waals surface area contributed by atoms with E-state index in [9.17, 15) is 10.2 Å². The van der Waals surface area contributed by atoms with Crippen LogP contribution >= 0.6 is 11.8 Å². The fourth-order valence-corrected chi connectivity index (χ4v) is 6.86. The van der Waals surface area contributed by atoms with E-state index in [1.807, 2.05) is 0 Å². The van der Waals surface area contributed by atoms with E-state index in [-0.39, 0.29) is 5.41 Å². The van der Waals surface area contributed by atoms with Gasteiger partial charge in [-0.1, -0.05) is 70.6 Å². The van der Waals surface area contributed by atoms with Gasteiger partial charge in [-0.3, -0.25) is 0 Å². The van der Waals surface area contributed by atoms with Crippen molar-refractivity contribution < 1.29 is 10.2 Å². The molecular formula is C27H42O2S. The molecule has 168 valence electrons. The summed E-state index contributed by atoms with van der Waals surface area (Å²) in [6, 6.07) is 0. The third-order valence-electron chi connectivity index (χ3n) is 7.49. The van der Waals surface area contributed by atoms with Gasteiger partial charge in [-0.25, -0.2) is 0 Å². The molecule has 3 aliphatic rings. The summed E-state index contributed by atoms with van der Waals surface area (Å²) in [7, 11) is 0. The zero-order chi connectivity index (χ0) is 22.1. The van der Waals surface area contributed by atoms with Gasteiger partial charge >= 0.3 is 0 Å². The molecule has 30 heavy (non-hydrogen) atoms. The van der Waals surface area contributed by atoms with Gasteiger partial charge < -0.3 is 10.2 Å². The molecule has 0 spiro atoms. The Morgan fingerprint density at radius 1 is 1.30 bits per heavy atom. The second kappa shape index (κ2) is 9.38. The fourth-order valence-electron chi connectivity index (χ4n) is 5.78. The van der Waals surface area contributed by atoms with Crippen molar-refractivity contribution in [3.05, 3.63) is 47.1 Å². The number of hydrogen-bond acceptors (Lipinski definition) is 3. The smallest absolute Gasteiger partial charge is 0.0811 e.